The van der Waals surface area contributed by atoms with E-state index >= 15 is 0 Å². The molecule has 2 aromatic carbocycles. The first kappa shape index (κ1) is 18.5. The first-order valence-corrected chi connectivity index (χ1v) is 10.0. The quantitative estimate of drug-likeness (QED) is 0.742. The van der Waals surface area contributed by atoms with Gasteiger partial charge in [0.25, 0.3) is 5.56 Å². The second-order valence-electron chi connectivity index (χ2n) is 7.94. The number of carbonyl (C=O) groups excluding carboxylic acids is 1. The number of aryl methyl sites for hydroxylation is 1. The van der Waals surface area contributed by atoms with E-state index in [0.717, 1.165) is 23.9 Å². The van der Waals surface area contributed by atoms with Gasteiger partial charge in [0, 0.05) is 24.0 Å². The van der Waals surface area contributed by atoms with E-state index in [1.54, 1.807) is 0 Å². The highest BCUT2D eigenvalue weighted by atomic mass is 16.2. The predicted molar refractivity (Wildman–Crippen MR) is 112 cm³/mol. The van der Waals surface area contributed by atoms with Crippen LogP contribution in [0.1, 0.15) is 43.0 Å². The molecule has 0 bridgehead atoms. The lowest BCUT2D eigenvalue weighted by molar-refractivity contribution is -0.135. The first-order valence-electron chi connectivity index (χ1n) is 10.0. The van der Waals surface area contributed by atoms with Crippen LogP contribution >= 0.6 is 0 Å². The van der Waals surface area contributed by atoms with Crippen molar-refractivity contribution in [3.8, 4) is 0 Å². The van der Waals surface area contributed by atoms with Crippen LogP contribution in [0, 0.1) is 5.92 Å². The highest BCUT2D eigenvalue weighted by molar-refractivity contribution is 5.80. The molecule has 0 radical (unpaired) electrons. The molecule has 144 valence electrons. The smallest absolute Gasteiger partial charge is 0.251 e. The number of hydrogen-bond acceptors (Lipinski definition) is 2. The Morgan fingerprint density at radius 2 is 1.89 bits per heavy atom. The number of hydrogen-bond donors (Lipinski definition) is 1. The van der Waals surface area contributed by atoms with E-state index in [4.69, 9.17) is 0 Å². The Balaban J connectivity index is 1.54. The van der Waals surface area contributed by atoms with Crippen LogP contribution in [-0.2, 0) is 17.6 Å². The lowest BCUT2D eigenvalue weighted by Gasteiger charge is -2.40. The van der Waals surface area contributed by atoms with Crippen molar-refractivity contribution in [1.29, 1.82) is 0 Å². The average Bonchev–Trinajstić information content (AvgIpc) is 2.70. The van der Waals surface area contributed by atoms with Crippen LogP contribution in [0.25, 0.3) is 10.9 Å². The summed E-state index contributed by atoms with van der Waals surface area (Å²) >= 11 is 0. The summed E-state index contributed by atoms with van der Waals surface area (Å²) in [5, 5.41) is 0.997. The van der Waals surface area contributed by atoms with Gasteiger partial charge in [0.15, 0.2) is 0 Å². The van der Waals surface area contributed by atoms with Gasteiger partial charge in [-0.1, -0.05) is 56.3 Å². The fourth-order valence-electron chi connectivity index (χ4n) is 4.36. The van der Waals surface area contributed by atoms with Crippen molar-refractivity contribution in [1.82, 2.24) is 9.88 Å². The summed E-state index contributed by atoms with van der Waals surface area (Å²) in [5.74, 6) is 0.468. The lowest BCUT2D eigenvalue weighted by Crippen LogP contribution is -2.42. The van der Waals surface area contributed by atoms with Gasteiger partial charge >= 0.3 is 0 Å². The number of fused-ring (bicyclic) bond motifs is 2. The van der Waals surface area contributed by atoms with Crippen LogP contribution in [0.2, 0.25) is 0 Å². The molecule has 1 N–H and O–H groups in total. The number of nitrogens with one attached hydrogen (secondary N) is 1. The van der Waals surface area contributed by atoms with Gasteiger partial charge in [-0.15, -0.1) is 0 Å². The largest absolute Gasteiger partial charge is 0.335 e. The van der Waals surface area contributed by atoms with E-state index in [2.05, 4.69) is 43.1 Å². The Morgan fingerprint density at radius 3 is 2.71 bits per heavy atom. The number of pyridine rings is 1. The Hall–Kier alpha value is -2.88. The third-order valence-electron chi connectivity index (χ3n) is 5.72. The van der Waals surface area contributed by atoms with Crippen LogP contribution < -0.4 is 5.56 Å². The Kier molecular flexibility index (Phi) is 5.03. The van der Waals surface area contributed by atoms with Crippen LogP contribution in [0.15, 0.2) is 59.4 Å². The van der Waals surface area contributed by atoms with Gasteiger partial charge in [-0.25, -0.2) is 0 Å². The molecule has 0 saturated carbocycles. The number of H-pyrrole nitrogens is 1. The van der Waals surface area contributed by atoms with Gasteiger partial charge in [0.05, 0.1) is 6.04 Å². The molecule has 4 rings (SSSR count). The highest BCUT2D eigenvalue weighted by Crippen LogP contribution is 2.35. The molecule has 1 unspecified atom stereocenters. The van der Waals surface area contributed by atoms with Crippen molar-refractivity contribution >= 4 is 16.8 Å². The van der Waals surface area contributed by atoms with Crippen molar-refractivity contribution in [3.63, 3.8) is 0 Å². The van der Waals surface area contributed by atoms with Crippen molar-refractivity contribution in [2.24, 2.45) is 5.92 Å². The Labute approximate surface area is 165 Å². The van der Waals surface area contributed by atoms with Gasteiger partial charge in [0.1, 0.15) is 0 Å². The molecule has 28 heavy (non-hydrogen) atoms. The number of amides is 1. The van der Waals surface area contributed by atoms with Crippen LogP contribution in [0.4, 0.5) is 0 Å². The van der Waals surface area contributed by atoms with E-state index in [9.17, 15) is 9.59 Å². The molecule has 1 aliphatic heterocycles. The van der Waals surface area contributed by atoms with Crippen molar-refractivity contribution in [2.45, 2.75) is 39.2 Å². The maximum Gasteiger partial charge on any atom is 0.251 e. The second-order valence-corrected chi connectivity index (χ2v) is 7.94. The summed E-state index contributed by atoms with van der Waals surface area (Å²) in [6.07, 6.45) is 1.70. The number of benzene rings is 2. The van der Waals surface area contributed by atoms with E-state index < -0.39 is 0 Å². The third kappa shape index (κ3) is 3.47. The number of aromatic amines is 1. The summed E-state index contributed by atoms with van der Waals surface area (Å²) in [6.45, 7) is 5.08. The number of carbonyl (C=O) groups is 1. The molecule has 0 fully saturated rings. The standard InChI is InChI=1S/C24H26N2O2/c1-16(2)23-20-9-5-3-7-17(20)13-14-26(23)22(27)12-11-19-15-18-8-4-6-10-21(18)25-24(19)28/h3-10,15-16,23H,11-14H2,1-2H3,(H,25,28). The second kappa shape index (κ2) is 7.63. The minimum atomic E-state index is -0.101. The average molecular weight is 374 g/mol. The zero-order valence-corrected chi connectivity index (χ0v) is 16.4. The van der Waals surface area contributed by atoms with Crippen molar-refractivity contribution in [2.75, 3.05) is 6.54 Å². The maximum atomic E-state index is 13.1. The fourth-order valence-corrected chi connectivity index (χ4v) is 4.36. The summed E-state index contributed by atoms with van der Waals surface area (Å²) in [6, 6.07) is 18.2. The molecule has 1 amide bonds. The number of nitrogens with zero attached hydrogens (tertiary/aromatic N) is 1. The van der Waals surface area contributed by atoms with Crippen LogP contribution in [0.5, 0.6) is 0 Å². The summed E-state index contributed by atoms with van der Waals surface area (Å²) in [7, 11) is 0. The molecular weight excluding hydrogens is 348 g/mol. The monoisotopic (exact) mass is 374 g/mol. The number of para-hydroxylation sites is 1. The molecule has 1 aliphatic rings. The molecule has 0 saturated heterocycles. The van der Waals surface area contributed by atoms with E-state index in [1.807, 2.05) is 35.2 Å². The molecule has 1 aromatic heterocycles. The van der Waals surface area contributed by atoms with Crippen LogP contribution in [0.3, 0.4) is 0 Å². The van der Waals surface area contributed by atoms with E-state index in [0.29, 0.717) is 24.3 Å². The Bertz CT molecular complexity index is 1070. The maximum absolute atomic E-state index is 13.1. The molecule has 4 heteroatoms. The van der Waals surface area contributed by atoms with Gasteiger partial charge in [0.2, 0.25) is 5.91 Å². The van der Waals surface area contributed by atoms with Gasteiger partial charge < -0.3 is 9.88 Å². The zero-order chi connectivity index (χ0) is 19.7. The number of aromatic nitrogens is 1. The molecule has 2 heterocycles. The fraction of sp³-hybridized carbons (Fsp3) is 0.333. The Morgan fingerprint density at radius 1 is 1.14 bits per heavy atom. The summed E-state index contributed by atoms with van der Waals surface area (Å²) < 4.78 is 0. The minimum Gasteiger partial charge on any atom is -0.335 e. The molecular formula is C24H26N2O2. The van der Waals surface area contributed by atoms with Gasteiger partial charge in [-0.2, -0.15) is 0 Å². The van der Waals surface area contributed by atoms with Crippen molar-refractivity contribution in [3.05, 3.63) is 81.6 Å². The van der Waals surface area contributed by atoms with Crippen molar-refractivity contribution < 1.29 is 4.79 Å². The van der Waals surface area contributed by atoms with E-state index in [-0.39, 0.29) is 17.5 Å². The molecule has 0 aliphatic carbocycles. The highest BCUT2D eigenvalue weighted by Gasteiger charge is 2.32. The SMILES string of the molecule is CC(C)C1c2ccccc2CCN1C(=O)CCc1cc2ccccc2[nH]c1=O. The van der Waals surface area contributed by atoms with Gasteiger partial charge in [-0.05, 0) is 47.4 Å². The summed E-state index contributed by atoms with van der Waals surface area (Å²) in [5.41, 5.74) is 4.01. The topological polar surface area (TPSA) is 53.2 Å². The zero-order valence-electron chi connectivity index (χ0n) is 16.4. The minimum absolute atomic E-state index is 0.101. The normalized spacial score (nSPS) is 16.4. The first-order chi connectivity index (χ1) is 13.5. The molecule has 0 spiro atoms. The molecule has 1 atom stereocenters. The number of rotatable bonds is 4. The predicted octanol–water partition coefficient (Wildman–Crippen LogP) is 4.24. The van der Waals surface area contributed by atoms with Crippen LogP contribution in [-0.4, -0.2) is 22.3 Å². The third-order valence-corrected chi connectivity index (χ3v) is 5.72. The molecule has 4 nitrogen and oxygen atoms in total. The summed E-state index contributed by atoms with van der Waals surface area (Å²) in [4.78, 5) is 30.4. The van der Waals surface area contributed by atoms with Gasteiger partial charge in [-0.3, -0.25) is 9.59 Å². The lowest BCUT2D eigenvalue weighted by atomic mass is 9.86. The van der Waals surface area contributed by atoms with E-state index in [1.165, 1.54) is 11.1 Å². The molecule has 3 aromatic rings.